The van der Waals surface area contributed by atoms with Gasteiger partial charge in [0, 0.05) is 43.2 Å². The van der Waals surface area contributed by atoms with Crippen LogP contribution >= 0.6 is 0 Å². The van der Waals surface area contributed by atoms with Crippen molar-refractivity contribution in [1.29, 1.82) is 0 Å². The molecule has 1 aromatic carbocycles. The molecular formula is C23H29N3O3. The van der Waals surface area contributed by atoms with Gasteiger partial charge in [-0.3, -0.25) is 14.6 Å². The lowest BCUT2D eigenvalue weighted by molar-refractivity contribution is -0.123. The number of anilines is 1. The Bertz CT molecular complexity index is 806. The number of amides is 2. The summed E-state index contributed by atoms with van der Waals surface area (Å²) in [4.78, 5) is 28.5. The summed E-state index contributed by atoms with van der Waals surface area (Å²) in [5.74, 6) is 0.760. The zero-order valence-electron chi connectivity index (χ0n) is 17.1. The Hall–Kier alpha value is -2.73. The monoisotopic (exact) mass is 395 g/mol. The van der Waals surface area contributed by atoms with Crippen molar-refractivity contribution in [2.75, 3.05) is 11.9 Å². The molecule has 3 rings (SSSR count). The zero-order chi connectivity index (χ0) is 20.6. The van der Waals surface area contributed by atoms with Crippen molar-refractivity contribution < 1.29 is 14.3 Å². The number of carbonyl (C=O) groups excluding carboxylic acids is 2. The third-order valence-electron chi connectivity index (χ3n) is 5.29. The van der Waals surface area contributed by atoms with Crippen LogP contribution < -0.4 is 10.6 Å². The lowest BCUT2D eigenvalue weighted by atomic mass is 9.88. The van der Waals surface area contributed by atoms with Crippen molar-refractivity contribution in [2.45, 2.75) is 45.8 Å². The van der Waals surface area contributed by atoms with E-state index in [1.54, 1.807) is 36.7 Å². The van der Waals surface area contributed by atoms with E-state index < -0.39 is 0 Å². The van der Waals surface area contributed by atoms with Gasteiger partial charge in [0.15, 0.2) is 0 Å². The van der Waals surface area contributed by atoms with E-state index in [4.69, 9.17) is 4.74 Å². The molecule has 6 nitrogen and oxygen atoms in total. The van der Waals surface area contributed by atoms with Gasteiger partial charge >= 0.3 is 0 Å². The normalized spacial score (nSPS) is 19.0. The van der Waals surface area contributed by atoms with Gasteiger partial charge in [-0.1, -0.05) is 26.0 Å². The SMILES string of the molecule is CC(C)C1CC(CC(=O)NCc2ccc(C(=O)Nc3ccncc3)cc2)CCO1. The second kappa shape index (κ2) is 10.2. The summed E-state index contributed by atoms with van der Waals surface area (Å²) < 4.78 is 5.78. The molecule has 2 amide bonds. The zero-order valence-corrected chi connectivity index (χ0v) is 17.1. The lowest BCUT2D eigenvalue weighted by Gasteiger charge is -2.31. The number of hydrogen-bond donors (Lipinski definition) is 2. The minimum atomic E-state index is -0.175. The van der Waals surface area contributed by atoms with Gasteiger partial charge in [-0.05, 0) is 54.5 Å². The molecule has 1 fully saturated rings. The summed E-state index contributed by atoms with van der Waals surface area (Å²) in [7, 11) is 0. The fraction of sp³-hybridized carbons (Fsp3) is 0.435. The van der Waals surface area contributed by atoms with Gasteiger partial charge in [0.2, 0.25) is 5.91 Å². The highest BCUT2D eigenvalue weighted by molar-refractivity contribution is 6.04. The first kappa shape index (κ1) is 21.0. The molecule has 0 aliphatic carbocycles. The van der Waals surface area contributed by atoms with Crippen LogP contribution in [0.1, 0.15) is 49.0 Å². The predicted octanol–water partition coefficient (Wildman–Crippen LogP) is 3.79. The fourth-order valence-electron chi connectivity index (χ4n) is 3.50. The van der Waals surface area contributed by atoms with Crippen LogP contribution in [-0.4, -0.2) is 29.5 Å². The molecule has 1 saturated heterocycles. The number of pyridine rings is 1. The van der Waals surface area contributed by atoms with Gasteiger partial charge in [-0.2, -0.15) is 0 Å². The first-order valence-electron chi connectivity index (χ1n) is 10.2. The van der Waals surface area contributed by atoms with E-state index in [1.165, 1.54) is 0 Å². The van der Waals surface area contributed by atoms with Crippen molar-refractivity contribution in [3.05, 3.63) is 59.9 Å². The van der Waals surface area contributed by atoms with Gasteiger partial charge in [0.1, 0.15) is 0 Å². The van der Waals surface area contributed by atoms with Gasteiger partial charge in [-0.15, -0.1) is 0 Å². The topological polar surface area (TPSA) is 80.3 Å². The molecule has 2 unspecified atom stereocenters. The van der Waals surface area contributed by atoms with Crippen LogP contribution in [0.4, 0.5) is 5.69 Å². The Morgan fingerprint density at radius 2 is 1.86 bits per heavy atom. The molecule has 2 heterocycles. The van der Waals surface area contributed by atoms with Gasteiger partial charge in [0.25, 0.3) is 5.91 Å². The minimum absolute atomic E-state index is 0.0684. The molecule has 1 aromatic heterocycles. The number of benzene rings is 1. The van der Waals surface area contributed by atoms with E-state index in [9.17, 15) is 9.59 Å². The van der Waals surface area contributed by atoms with Gasteiger partial charge in [-0.25, -0.2) is 0 Å². The van der Waals surface area contributed by atoms with Crippen molar-refractivity contribution in [3.8, 4) is 0 Å². The van der Waals surface area contributed by atoms with Crippen LogP contribution in [0.5, 0.6) is 0 Å². The second-order valence-electron chi connectivity index (χ2n) is 7.91. The third kappa shape index (κ3) is 6.39. The van der Waals surface area contributed by atoms with Crippen LogP contribution in [0.15, 0.2) is 48.8 Å². The van der Waals surface area contributed by atoms with E-state index in [1.807, 2.05) is 12.1 Å². The fourth-order valence-corrected chi connectivity index (χ4v) is 3.50. The first-order valence-corrected chi connectivity index (χ1v) is 10.2. The number of hydrogen-bond acceptors (Lipinski definition) is 4. The van der Waals surface area contributed by atoms with Crippen LogP contribution in [0.3, 0.4) is 0 Å². The summed E-state index contributed by atoms with van der Waals surface area (Å²) in [5, 5.41) is 5.82. The summed E-state index contributed by atoms with van der Waals surface area (Å²) in [6, 6.07) is 10.7. The average molecular weight is 396 g/mol. The Labute approximate surface area is 172 Å². The van der Waals surface area contributed by atoms with E-state index in [0.29, 0.717) is 36.1 Å². The Balaban J connectivity index is 1.45. The number of nitrogens with zero attached hydrogens (tertiary/aromatic N) is 1. The molecule has 2 N–H and O–H groups in total. The molecule has 6 heteroatoms. The number of ether oxygens (including phenoxy) is 1. The quantitative estimate of drug-likeness (QED) is 0.747. The van der Waals surface area contributed by atoms with Crippen molar-refractivity contribution >= 4 is 17.5 Å². The number of carbonyl (C=O) groups is 2. The molecular weight excluding hydrogens is 366 g/mol. The molecule has 2 atom stereocenters. The second-order valence-corrected chi connectivity index (χ2v) is 7.91. The average Bonchev–Trinajstić information content (AvgIpc) is 2.73. The maximum absolute atomic E-state index is 12.3. The minimum Gasteiger partial charge on any atom is -0.378 e. The number of nitrogens with one attached hydrogen (secondary N) is 2. The van der Waals surface area contributed by atoms with Crippen molar-refractivity contribution in [2.24, 2.45) is 11.8 Å². The number of aromatic nitrogens is 1. The summed E-state index contributed by atoms with van der Waals surface area (Å²) in [6.45, 7) is 5.52. The standard InChI is InChI=1S/C23H29N3O3/c1-16(2)21-13-18(9-12-29-21)14-22(27)25-15-17-3-5-19(6-4-17)23(28)26-20-7-10-24-11-8-20/h3-8,10-11,16,18,21H,9,12-15H2,1-2H3,(H,25,27)(H,24,26,28). The highest BCUT2D eigenvalue weighted by Crippen LogP contribution is 2.27. The maximum atomic E-state index is 12.3. The largest absolute Gasteiger partial charge is 0.378 e. The smallest absolute Gasteiger partial charge is 0.255 e. The molecule has 0 saturated carbocycles. The lowest BCUT2D eigenvalue weighted by Crippen LogP contribution is -2.33. The van der Waals surface area contributed by atoms with E-state index in [2.05, 4.69) is 29.5 Å². The van der Waals surface area contributed by atoms with E-state index in [0.717, 1.165) is 25.0 Å². The summed E-state index contributed by atoms with van der Waals surface area (Å²) in [6.07, 6.45) is 5.95. The van der Waals surface area contributed by atoms with Gasteiger partial charge < -0.3 is 15.4 Å². The Kier molecular flexibility index (Phi) is 7.36. The molecule has 0 spiro atoms. The molecule has 1 aliphatic rings. The molecule has 29 heavy (non-hydrogen) atoms. The van der Waals surface area contributed by atoms with Crippen LogP contribution in [0, 0.1) is 11.8 Å². The van der Waals surface area contributed by atoms with Crippen LogP contribution in [0.25, 0.3) is 0 Å². The Morgan fingerprint density at radius 3 is 2.55 bits per heavy atom. The number of rotatable bonds is 7. The summed E-state index contributed by atoms with van der Waals surface area (Å²) >= 11 is 0. The molecule has 0 radical (unpaired) electrons. The van der Waals surface area contributed by atoms with Crippen molar-refractivity contribution in [1.82, 2.24) is 10.3 Å². The van der Waals surface area contributed by atoms with Gasteiger partial charge in [0.05, 0.1) is 6.10 Å². The highest BCUT2D eigenvalue weighted by Gasteiger charge is 2.26. The van der Waals surface area contributed by atoms with Crippen LogP contribution in [0.2, 0.25) is 0 Å². The Morgan fingerprint density at radius 1 is 1.14 bits per heavy atom. The molecule has 0 bridgehead atoms. The third-order valence-corrected chi connectivity index (χ3v) is 5.29. The molecule has 154 valence electrons. The summed E-state index contributed by atoms with van der Waals surface area (Å²) in [5.41, 5.74) is 2.24. The molecule has 1 aliphatic heterocycles. The predicted molar refractivity (Wildman–Crippen MR) is 112 cm³/mol. The van der Waals surface area contributed by atoms with E-state index in [-0.39, 0.29) is 17.9 Å². The van der Waals surface area contributed by atoms with Crippen LogP contribution in [-0.2, 0) is 16.1 Å². The van der Waals surface area contributed by atoms with Crippen molar-refractivity contribution in [3.63, 3.8) is 0 Å². The maximum Gasteiger partial charge on any atom is 0.255 e. The van der Waals surface area contributed by atoms with E-state index >= 15 is 0 Å². The first-order chi connectivity index (χ1) is 14.0. The highest BCUT2D eigenvalue weighted by atomic mass is 16.5. The molecule has 2 aromatic rings.